The largest absolute Gasteiger partial charge is 0.468 e. The van der Waals surface area contributed by atoms with Crippen LogP contribution in [0.25, 0.3) is 0 Å². The van der Waals surface area contributed by atoms with E-state index in [1.165, 1.54) is 7.11 Å². The number of rotatable bonds is 5. The Morgan fingerprint density at radius 2 is 2.12 bits per heavy atom. The van der Waals surface area contributed by atoms with Crippen molar-refractivity contribution in [3.8, 4) is 0 Å². The Kier molecular flexibility index (Phi) is 5.85. The number of carbonyl (C=O) groups excluding carboxylic acids is 2. The summed E-state index contributed by atoms with van der Waals surface area (Å²) >= 11 is 0. The molecule has 1 aromatic heterocycles. The number of urea groups is 1. The van der Waals surface area contributed by atoms with Gasteiger partial charge in [-0.05, 0) is 25.2 Å². The van der Waals surface area contributed by atoms with Crippen LogP contribution in [0, 0.1) is 5.92 Å². The van der Waals surface area contributed by atoms with Crippen LogP contribution in [0.5, 0.6) is 0 Å². The molecule has 1 atom stereocenters. The zero-order chi connectivity index (χ0) is 17.6. The lowest BCUT2D eigenvalue weighted by Gasteiger charge is -2.18. The maximum absolute atomic E-state index is 12.0. The number of amides is 2. The minimum Gasteiger partial charge on any atom is -0.468 e. The van der Waals surface area contributed by atoms with Crippen LogP contribution in [0.4, 0.5) is 4.79 Å². The summed E-state index contributed by atoms with van der Waals surface area (Å²) in [4.78, 5) is 29.3. The Morgan fingerprint density at radius 1 is 1.32 bits per heavy atom. The molecule has 1 unspecified atom stereocenters. The van der Waals surface area contributed by atoms with Crippen molar-refractivity contribution in [1.29, 1.82) is 0 Å². The highest BCUT2D eigenvalue weighted by Crippen LogP contribution is 2.26. The van der Waals surface area contributed by atoms with Crippen molar-refractivity contribution in [1.82, 2.24) is 20.4 Å². The van der Waals surface area contributed by atoms with Crippen LogP contribution < -0.4 is 5.32 Å². The molecule has 9 heteroatoms. The maximum atomic E-state index is 12.0. The molecule has 0 aromatic carbocycles. The summed E-state index contributed by atoms with van der Waals surface area (Å²) in [6.45, 7) is 2.63. The van der Waals surface area contributed by atoms with Crippen LogP contribution in [-0.4, -0.2) is 67.0 Å². The molecular weight excluding hydrogens is 328 g/mol. The molecule has 2 saturated heterocycles. The molecule has 0 bridgehead atoms. The van der Waals surface area contributed by atoms with Gasteiger partial charge in [-0.25, -0.2) is 4.79 Å². The van der Waals surface area contributed by atoms with Crippen molar-refractivity contribution in [3.63, 3.8) is 0 Å². The van der Waals surface area contributed by atoms with Gasteiger partial charge in [0.2, 0.25) is 5.89 Å². The van der Waals surface area contributed by atoms with Crippen LogP contribution in [-0.2, 0) is 20.7 Å². The topological polar surface area (TPSA) is 107 Å². The third-order valence-corrected chi connectivity index (χ3v) is 4.71. The Bertz CT molecular complexity index is 599. The molecule has 0 aliphatic carbocycles. The number of nitrogens with zero attached hydrogens (tertiary/aromatic N) is 3. The van der Waals surface area contributed by atoms with Crippen molar-refractivity contribution in [2.75, 3.05) is 40.0 Å². The SMILES string of the molecule is COC(=O)CNC(=O)N1CCC(Cc2noc(C3CCOCC3)n2)C1. The van der Waals surface area contributed by atoms with Gasteiger partial charge in [-0.3, -0.25) is 4.79 Å². The van der Waals surface area contributed by atoms with E-state index in [1.54, 1.807) is 4.90 Å². The highest BCUT2D eigenvalue weighted by atomic mass is 16.5. The summed E-state index contributed by atoms with van der Waals surface area (Å²) in [5.41, 5.74) is 0. The molecule has 2 amide bonds. The van der Waals surface area contributed by atoms with Crippen molar-refractivity contribution in [2.24, 2.45) is 5.92 Å². The zero-order valence-corrected chi connectivity index (χ0v) is 14.4. The normalized spacial score (nSPS) is 21.3. The first-order valence-electron chi connectivity index (χ1n) is 8.65. The molecule has 2 aliphatic heterocycles. The summed E-state index contributed by atoms with van der Waals surface area (Å²) in [7, 11) is 1.29. The van der Waals surface area contributed by atoms with E-state index >= 15 is 0 Å². The van der Waals surface area contributed by atoms with Crippen LogP contribution in [0.1, 0.15) is 36.9 Å². The zero-order valence-electron chi connectivity index (χ0n) is 14.4. The second kappa shape index (κ2) is 8.28. The Labute approximate surface area is 146 Å². The predicted molar refractivity (Wildman–Crippen MR) is 85.9 cm³/mol. The predicted octanol–water partition coefficient (Wildman–Crippen LogP) is 0.711. The van der Waals surface area contributed by atoms with Crippen LogP contribution in [0.2, 0.25) is 0 Å². The summed E-state index contributed by atoms with van der Waals surface area (Å²) in [6, 6.07) is -0.246. The number of esters is 1. The molecule has 1 N–H and O–H groups in total. The monoisotopic (exact) mass is 352 g/mol. The number of likely N-dealkylation sites (tertiary alicyclic amines) is 1. The highest BCUT2D eigenvalue weighted by Gasteiger charge is 2.29. The smallest absolute Gasteiger partial charge is 0.325 e. The molecule has 25 heavy (non-hydrogen) atoms. The Hall–Kier alpha value is -2.16. The lowest BCUT2D eigenvalue weighted by molar-refractivity contribution is -0.139. The van der Waals surface area contributed by atoms with Gasteiger partial charge in [0.15, 0.2) is 5.82 Å². The molecular formula is C16H24N4O5. The van der Waals surface area contributed by atoms with Crippen molar-refractivity contribution in [3.05, 3.63) is 11.7 Å². The van der Waals surface area contributed by atoms with E-state index < -0.39 is 5.97 Å². The summed E-state index contributed by atoms with van der Waals surface area (Å²) < 4.78 is 15.3. The van der Waals surface area contributed by atoms with Crippen molar-refractivity contribution < 1.29 is 23.6 Å². The number of aromatic nitrogens is 2. The van der Waals surface area contributed by atoms with Gasteiger partial charge in [0.1, 0.15) is 6.54 Å². The lowest BCUT2D eigenvalue weighted by Crippen LogP contribution is -2.41. The Morgan fingerprint density at radius 3 is 2.88 bits per heavy atom. The minimum atomic E-state index is -0.462. The molecule has 0 spiro atoms. The van der Waals surface area contributed by atoms with Gasteiger partial charge >= 0.3 is 12.0 Å². The Balaban J connectivity index is 1.46. The van der Waals surface area contributed by atoms with E-state index in [1.807, 2.05) is 0 Å². The number of carbonyl (C=O) groups is 2. The van der Waals surface area contributed by atoms with E-state index in [4.69, 9.17) is 9.26 Å². The first-order chi connectivity index (χ1) is 12.2. The van der Waals surface area contributed by atoms with E-state index in [-0.39, 0.29) is 12.6 Å². The second-order valence-electron chi connectivity index (χ2n) is 6.48. The highest BCUT2D eigenvalue weighted by molar-refractivity contribution is 5.80. The maximum Gasteiger partial charge on any atom is 0.325 e. The minimum absolute atomic E-state index is 0.115. The molecule has 2 fully saturated rings. The summed E-state index contributed by atoms with van der Waals surface area (Å²) in [6.07, 6.45) is 3.40. The number of nitrogens with one attached hydrogen (secondary N) is 1. The molecule has 0 saturated carbocycles. The standard InChI is InChI=1S/C16H24N4O5/c1-23-14(21)9-17-16(22)20-5-2-11(10-20)8-13-18-15(25-19-13)12-3-6-24-7-4-12/h11-12H,2-10H2,1H3,(H,17,22). The van der Waals surface area contributed by atoms with Gasteiger partial charge in [0, 0.05) is 38.6 Å². The van der Waals surface area contributed by atoms with E-state index in [0.717, 1.165) is 32.5 Å². The van der Waals surface area contributed by atoms with Gasteiger partial charge < -0.3 is 24.2 Å². The first-order valence-corrected chi connectivity index (χ1v) is 8.65. The molecule has 1 aromatic rings. The summed E-state index contributed by atoms with van der Waals surface area (Å²) in [5, 5.41) is 6.65. The molecule has 9 nitrogen and oxygen atoms in total. The van der Waals surface area contributed by atoms with Gasteiger partial charge in [0.25, 0.3) is 0 Å². The van der Waals surface area contributed by atoms with E-state index in [0.29, 0.717) is 43.1 Å². The number of hydrogen-bond acceptors (Lipinski definition) is 7. The van der Waals surface area contributed by atoms with Crippen molar-refractivity contribution >= 4 is 12.0 Å². The number of ether oxygens (including phenoxy) is 2. The summed E-state index contributed by atoms with van der Waals surface area (Å²) in [5.74, 6) is 1.52. The first kappa shape index (κ1) is 17.7. The van der Waals surface area contributed by atoms with Gasteiger partial charge in [-0.2, -0.15) is 4.98 Å². The molecule has 138 valence electrons. The molecule has 3 heterocycles. The van der Waals surface area contributed by atoms with Crippen LogP contribution >= 0.6 is 0 Å². The van der Waals surface area contributed by atoms with Gasteiger partial charge in [-0.1, -0.05) is 5.16 Å². The van der Waals surface area contributed by atoms with E-state index in [9.17, 15) is 9.59 Å². The lowest BCUT2D eigenvalue weighted by atomic mass is 10.0. The molecule has 0 radical (unpaired) electrons. The third kappa shape index (κ3) is 4.68. The van der Waals surface area contributed by atoms with Crippen LogP contribution in [0.15, 0.2) is 4.52 Å². The fourth-order valence-corrected chi connectivity index (χ4v) is 3.23. The third-order valence-electron chi connectivity index (χ3n) is 4.71. The average Bonchev–Trinajstić information content (AvgIpc) is 3.30. The fraction of sp³-hybridized carbons (Fsp3) is 0.750. The van der Waals surface area contributed by atoms with Crippen LogP contribution in [0.3, 0.4) is 0 Å². The van der Waals surface area contributed by atoms with E-state index in [2.05, 4.69) is 20.2 Å². The quantitative estimate of drug-likeness (QED) is 0.778. The molecule has 2 aliphatic rings. The van der Waals surface area contributed by atoms with Gasteiger partial charge in [0.05, 0.1) is 7.11 Å². The van der Waals surface area contributed by atoms with Crippen molar-refractivity contribution in [2.45, 2.75) is 31.6 Å². The second-order valence-corrected chi connectivity index (χ2v) is 6.48. The number of methoxy groups -OCH3 is 1. The molecule has 3 rings (SSSR count). The number of hydrogen-bond donors (Lipinski definition) is 1. The van der Waals surface area contributed by atoms with Gasteiger partial charge in [-0.15, -0.1) is 0 Å². The average molecular weight is 352 g/mol. The fourth-order valence-electron chi connectivity index (χ4n) is 3.23.